The van der Waals surface area contributed by atoms with E-state index < -0.39 is 17.8 Å². The van der Waals surface area contributed by atoms with Crippen molar-refractivity contribution in [1.82, 2.24) is 4.98 Å². The Balaban J connectivity index is 2.31. The molecule has 0 aromatic carbocycles. The first kappa shape index (κ1) is 12.4. The highest BCUT2D eigenvalue weighted by atomic mass is 19.4. The Morgan fingerprint density at radius 1 is 1.29 bits per heavy atom. The molecule has 1 fully saturated rings. The standard InChI is InChI=1S/C12H15F3N2/c13-12(14,15)10-5-6-17-7-9(10)11(16)8-3-1-2-4-8/h5-8,11H,1-4,16H2. The Labute approximate surface area is 98.0 Å². The molecule has 94 valence electrons. The van der Waals surface area contributed by atoms with Gasteiger partial charge in [-0.2, -0.15) is 13.2 Å². The van der Waals surface area contributed by atoms with Crippen LogP contribution in [0, 0.1) is 5.92 Å². The van der Waals surface area contributed by atoms with Crippen molar-refractivity contribution < 1.29 is 13.2 Å². The summed E-state index contributed by atoms with van der Waals surface area (Å²) >= 11 is 0. The Bertz CT molecular complexity index is 384. The van der Waals surface area contributed by atoms with Crippen molar-refractivity contribution in [3.63, 3.8) is 0 Å². The molecule has 0 aliphatic heterocycles. The van der Waals surface area contributed by atoms with Crippen LogP contribution >= 0.6 is 0 Å². The fourth-order valence-electron chi connectivity index (χ4n) is 2.50. The van der Waals surface area contributed by atoms with Crippen LogP contribution in [0.4, 0.5) is 13.2 Å². The van der Waals surface area contributed by atoms with Crippen molar-refractivity contribution in [2.75, 3.05) is 0 Å². The third kappa shape index (κ3) is 2.60. The summed E-state index contributed by atoms with van der Waals surface area (Å²) in [5.74, 6) is 0.153. The van der Waals surface area contributed by atoms with Gasteiger partial charge < -0.3 is 5.73 Å². The fourth-order valence-corrected chi connectivity index (χ4v) is 2.50. The van der Waals surface area contributed by atoms with E-state index in [2.05, 4.69) is 4.98 Å². The predicted octanol–water partition coefficient (Wildman–Crippen LogP) is 3.29. The number of hydrogen-bond donors (Lipinski definition) is 1. The predicted molar refractivity (Wildman–Crippen MR) is 58.1 cm³/mol. The van der Waals surface area contributed by atoms with Crippen molar-refractivity contribution in [1.29, 1.82) is 0 Å². The van der Waals surface area contributed by atoms with Crippen molar-refractivity contribution in [2.24, 2.45) is 11.7 Å². The topological polar surface area (TPSA) is 38.9 Å². The molecule has 1 aliphatic carbocycles. The third-order valence-electron chi connectivity index (χ3n) is 3.42. The van der Waals surface area contributed by atoms with E-state index in [1.165, 1.54) is 6.20 Å². The lowest BCUT2D eigenvalue weighted by Crippen LogP contribution is -2.23. The van der Waals surface area contributed by atoms with Gasteiger partial charge in [-0.3, -0.25) is 4.98 Å². The molecule has 1 aliphatic rings. The summed E-state index contributed by atoms with van der Waals surface area (Å²) in [5, 5.41) is 0. The molecule has 5 heteroatoms. The lowest BCUT2D eigenvalue weighted by Gasteiger charge is -2.22. The van der Waals surface area contributed by atoms with Crippen LogP contribution in [0.3, 0.4) is 0 Å². The summed E-state index contributed by atoms with van der Waals surface area (Å²) in [5.41, 5.74) is 5.44. The minimum absolute atomic E-state index is 0.131. The van der Waals surface area contributed by atoms with Gasteiger partial charge in [0.25, 0.3) is 0 Å². The molecule has 17 heavy (non-hydrogen) atoms. The largest absolute Gasteiger partial charge is 0.416 e. The zero-order chi connectivity index (χ0) is 12.5. The summed E-state index contributed by atoms with van der Waals surface area (Å²) in [6.07, 6.45) is 1.99. The molecule has 0 spiro atoms. The van der Waals surface area contributed by atoms with Gasteiger partial charge in [-0.15, -0.1) is 0 Å². The van der Waals surface area contributed by atoms with E-state index in [4.69, 9.17) is 5.73 Å². The average molecular weight is 244 g/mol. The summed E-state index contributed by atoms with van der Waals surface area (Å²) in [4.78, 5) is 3.77. The second-order valence-corrected chi connectivity index (χ2v) is 4.53. The number of nitrogens with two attached hydrogens (primary N) is 1. The summed E-state index contributed by atoms with van der Waals surface area (Å²) in [6.45, 7) is 0. The molecular formula is C12H15F3N2. The first-order valence-electron chi connectivity index (χ1n) is 5.77. The fraction of sp³-hybridized carbons (Fsp3) is 0.583. The van der Waals surface area contributed by atoms with E-state index in [1.807, 2.05) is 0 Å². The van der Waals surface area contributed by atoms with Crippen molar-refractivity contribution in [3.8, 4) is 0 Å². The molecule has 1 aromatic rings. The molecule has 0 saturated heterocycles. The van der Waals surface area contributed by atoms with Crippen LogP contribution in [0.25, 0.3) is 0 Å². The lowest BCUT2D eigenvalue weighted by molar-refractivity contribution is -0.138. The quantitative estimate of drug-likeness (QED) is 0.867. The number of aromatic nitrogens is 1. The molecule has 0 radical (unpaired) electrons. The highest BCUT2D eigenvalue weighted by Crippen LogP contribution is 2.39. The maximum atomic E-state index is 12.8. The van der Waals surface area contributed by atoms with Gasteiger partial charge in [0, 0.05) is 18.4 Å². The minimum Gasteiger partial charge on any atom is -0.324 e. The Morgan fingerprint density at radius 3 is 2.53 bits per heavy atom. The van der Waals surface area contributed by atoms with Crippen LogP contribution in [0.15, 0.2) is 18.5 Å². The van der Waals surface area contributed by atoms with E-state index in [-0.39, 0.29) is 11.5 Å². The molecule has 1 saturated carbocycles. The summed E-state index contributed by atoms with van der Waals surface area (Å²) in [7, 11) is 0. The van der Waals surface area contributed by atoms with Gasteiger partial charge in [-0.25, -0.2) is 0 Å². The van der Waals surface area contributed by atoms with Crippen LogP contribution in [0.1, 0.15) is 42.9 Å². The van der Waals surface area contributed by atoms with Gasteiger partial charge in [-0.1, -0.05) is 12.8 Å². The first-order valence-corrected chi connectivity index (χ1v) is 5.77. The van der Waals surface area contributed by atoms with Crippen LogP contribution in [-0.4, -0.2) is 4.98 Å². The van der Waals surface area contributed by atoms with Crippen molar-refractivity contribution in [3.05, 3.63) is 29.6 Å². The first-order chi connectivity index (χ1) is 8.00. The second-order valence-electron chi connectivity index (χ2n) is 4.53. The zero-order valence-corrected chi connectivity index (χ0v) is 9.37. The molecule has 2 nitrogen and oxygen atoms in total. The minimum atomic E-state index is -4.35. The zero-order valence-electron chi connectivity index (χ0n) is 9.37. The average Bonchev–Trinajstić information content (AvgIpc) is 2.80. The van der Waals surface area contributed by atoms with E-state index in [0.29, 0.717) is 0 Å². The number of hydrogen-bond acceptors (Lipinski definition) is 2. The van der Waals surface area contributed by atoms with Gasteiger partial charge in [-0.05, 0) is 30.4 Å². The molecular weight excluding hydrogens is 229 g/mol. The molecule has 1 aromatic heterocycles. The number of halogens is 3. The number of alkyl halides is 3. The normalized spacial score (nSPS) is 19.5. The number of nitrogens with zero attached hydrogens (tertiary/aromatic N) is 1. The van der Waals surface area contributed by atoms with Crippen molar-refractivity contribution >= 4 is 0 Å². The molecule has 0 amide bonds. The molecule has 1 unspecified atom stereocenters. The van der Waals surface area contributed by atoms with E-state index in [1.54, 1.807) is 0 Å². The van der Waals surface area contributed by atoms with Crippen LogP contribution in [-0.2, 0) is 6.18 Å². The highest BCUT2D eigenvalue weighted by Gasteiger charge is 2.36. The maximum absolute atomic E-state index is 12.8. The molecule has 1 atom stereocenters. The maximum Gasteiger partial charge on any atom is 0.416 e. The second kappa shape index (κ2) is 4.64. The van der Waals surface area contributed by atoms with Gasteiger partial charge >= 0.3 is 6.18 Å². The molecule has 1 heterocycles. The van der Waals surface area contributed by atoms with E-state index in [0.717, 1.165) is 37.9 Å². The van der Waals surface area contributed by atoms with Crippen LogP contribution in [0.2, 0.25) is 0 Å². The smallest absolute Gasteiger partial charge is 0.324 e. The number of pyridine rings is 1. The summed E-state index contributed by atoms with van der Waals surface area (Å²) < 4.78 is 38.4. The van der Waals surface area contributed by atoms with E-state index in [9.17, 15) is 13.2 Å². The lowest BCUT2D eigenvalue weighted by atomic mass is 9.90. The third-order valence-corrected chi connectivity index (χ3v) is 3.42. The molecule has 2 rings (SSSR count). The molecule has 2 N–H and O–H groups in total. The summed E-state index contributed by atoms with van der Waals surface area (Å²) in [6, 6.07) is 0.451. The van der Waals surface area contributed by atoms with Gasteiger partial charge in [0.1, 0.15) is 0 Å². The van der Waals surface area contributed by atoms with Crippen LogP contribution < -0.4 is 5.73 Å². The Morgan fingerprint density at radius 2 is 1.94 bits per heavy atom. The van der Waals surface area contributed by atoms with Crippen LogP contribution in [0.5, 0.6) is 0 Å². The molecule has 0 bridgehead atoms. The Kier molecular flexibility index (Phi) is 3.38. The van der Waals surface area contributed by atoms with Gasteiger partial charge in [0.2, 0.25) is 0 Å². The monoisotopic (exact) mass is 244 g/mol. The Hall–Kier alpha value is -1.10. The van der Waals surface area contributed by atoms with Gasteiger partial charge in [0.05, 0.1) is 5.56 Å². The van der Waals surface area contributed by atoms with E-state index >= 15 is 0 Å². The highest BCUT2D eigenvalue weighted by molar-refractivity contribution is 5.29. The number of rotatable bonds is 2. The van der Waals surface area contributed by atoms with Gasteiger partial charge in [0.15, 0.2) is 0 Å². The van der Waals surface area contributed by atoms with Crippen molar-refractivity contribution in [2.45, 2.75) is 37.9 Å². The SMILES string of the molecule is NC(c1cnccc1C(F)(F)F)C1CCCC1.